The number of aromatic nitrogens is 4. The van der Waals surface area contributed by atoms with Crippen LogP contribution in [0.3, 0.4) is 0 Å². The topological polar surface area (TPSA) is 230 Å². The predicted molar refractivity (Wildman–Crippen MR) is 303 cm³/mol. The number of hydrogen-bond donors (Lipinski definition) is 3. The van der Waals surface area contributed by atoms with E-state index in [-0.39, 0.29) is 91.4 Å². The zero-order chi connectivity index (χ0) is 56.6. The van der Waals surface area contributed by atoms with Crippen molar-refractivity contribution < 1.29 is 37.8 Å². The van der Waals surface area contributed by atoms with Crippen molar-refractivity contribution in [3.05, 3.63) is 93.8 Å². The summed E-state index contributed by atoms with van der Waals surface area (Å²) in [4.78, 5) is 95.7. The van der Waals surface area contributed by atoms with E-state index in [1.54, 1.807) is 55.5 Å². The molecule has 5 aliphatic heterocycles. The fourth-order valence-electron chi connectivity index (χ4n) is 11.3. The van der Waals surface area contributed by atoms with Crippen molar-refractivity contribution in [2.24, 2.45) is 10.9 Å². The van der Waals surface area contributed by atoms with Crippen molar-refractivity contribution in [1.82, 2.24) is 50.0 Å². The highest BCUT2D eigenvalue weighted by atomic mass is 32.2. The number of fused-ring (bicyclic) bond motifs is 9. The van der Waals surface area contributed by atoms with E-state index >= 15 is 4.39 Å². The molecule has 7 heterocycles. The van der Waals surface area contributed by atoms with Crippen molar-refractivity contribution in [3.8, 4) is 11.3 Å². The van der Waals surface area contributed by atoms with Gasteiger partial charge in [0.2, 0.25) is 17.7 Å². The summed E-state index contributed by atoms with van der Waals surface area (Å²) in [5, 5.41) is 11.6. The highest BCUT2D eigenvalue weighted by Gasteiger charge is 2.43. The van der Waals surface area contributed by atoms with Gasteiger partial charge in [-0.1, -0.05) is 36.4 Å². The summed E-state index contributed by atoms with van der Waals surface area (Å²) in [5.41, 5.74) is 10.3. The van der Waals surface area contributed by atoms with E-state index in [2.05, 4.69) is 30.5 Å². The number of amides is 4. The maximum atomic E-state index is 15.2. The Hall–Kier alpha value is -6.84. The number of aliphatic imine (C=N–C) groups is 1. The lowest BCUT2D eigenvalue weighted by Gasteiger charge is -2.38. The number of likely N-dealkylation sites (tertiary alicyclic amines) is 2. The van der Waals surface area contributed by atoms with E-state index in [0.717, 1.165) is 55.8 Å². The number of piperidine rings is 1. The molecule has 0 spiro atoms. The van der Waals surface area contributed by atoms with Gasteiger partial charge < -0.3 is 55.2 Å². The SMILES string of the molecule is [C-]#[N+]c1nn(CCN(C)C(=O)CCOCCOCCN2CCC([C@@H](NC(=O)[C@@H](C)NC)C(=O)N3CCC[C@@H]3C3=NC(C(=O)c4ccc(C)cc4)CS3)CC2)c2c1-c1cnc(N)c(n1)N1CCC[C@@H]1c1cc(F)cc(c1)C(=O)N(C)C2. The summed E-state index contributed by atoms with van der Waals surface area (Å²) in [6, 6.07) is 9.77. The molecule has 0 radical (unpaired) electrons. The number of likely N-dealkylation sites (N-methyl/N-ethyl adjacent to an activating group) is 2. The third-order valence-electron chi connectivity index (χ3n) is 16.1. The van der Waals surface area contributed by atoms with Crippen molar-refractivity contribution in [3.63, 3.8) is 0 Å². The zero-order valence-corrected chi connectivity index (χ0v) is 47.2. The fourth-order valence-corrected chi connectivity index (χ4v) is 12.5. The van der Waals surface area contributed by atoms with Crippen molar-refractivity contribution in [2.45, 2.75) is 102 Å². The minimum absolute atomic E-state index is 0.00324. The number of nitrogens with one attached hydrogen (secondary N) is 2. The predicted octanol–water partition coefficient (Wildman–Crippen LogP) is 4.92. The Morgan fingerprint density at radius 2 is 1.71 bits per heavy atom. The first-order valence-electron chi connectivity index (χ1n) is 27.8. The minimum Gasteiger partial charge on any atom is -0.381 e. The molecule has 9 rings (SSSR count). The summed E-state index contributed by atoms with van der Waals surface area (Å²) < 4.78 is 28.5. The van der Waals surface area contributed by atoms with Gasteiger partial charge in [0.1, 0.15) is 17.9 Å². The van der Waals surface area contributed by atoms with E-state index in [0.29, 0.717) is 85.5 Å². The highest BCUT2D eigenvalue weighted by molar-refractivity contribution is 8.14. The summed E-state index contributed by atoms with van der Waals surface area (Å²) >= 11 is 1.56. The summed E-state index contributed by atoms with van der Waals surface area (Å²) in [5.74, 6) is -0.275. The molecule has 23 heteroatoms. The number of rotatable bonds is 20. The van der Waals surface area contributed by atoms with Crippen molar-refractivity contribution in [1.29, 1.82) is 0 Å². The number of ether oxygens (including phenoxy) is 2. The van der Waals surface area contributed by atoms with Gasteiger partial charge in [-0.05, 0) is 107 Å². The standard InChI is InChI=1S/C57H73FN14O7S/c1-35-11-13-38(14-12-35)50(74)43-34-80-55(64-43)45-10-8-19-71(45)57(77)49(65-54(75)36(2)60-3)37-15-20-69(21-16-37)24-26-79-28-27-78-25-17-47(73)67(5)22-23-72-46-33-68(6)56(76)40-29-39(30-41(58)31-40)44-9-7-18-70(44)53-51(59)62-32-42(63-53)48(46)52(61-4)66-72/h11-14,29-32,36-37,43-45,49,60H,7-10,15-28,33-34H2,1-3,5-6H3,(H2,59,62)(H,65,75)/t36-,43?,44-,45-,49-/m1/s1. The smallest absolute Gasteiger partial charge is 0.305 e. The number of benzene rings is 2. The number of carbonyl (C=O) groups is 5. The maximum Gasteiger partial charge on any atom is 0.305 e. The summed E-state index contributed by atoms with van der Waals surface area (Å²) in [6.45, 7) is 16.9. The lowest BCUT2D eigenvalue weighted by molar-refractivity contribution is -0.138. The Bertz CT molecular complexity index is 3000. The number of Topliss-reactive ketones (excluding diaryl/α,β-unsaturated/α-hetero) is 1. The number of thioether (sulfide) groups is 1. The molecule has 4 N–H and O–H groups in total. The minimum atomic E-state index is -0.689. The van der Waals surface area contributed by atoms with Crippen LogP contribution in [-0.4, -0.2) is 191 Å². The number of nitrogens with zero attached hydrogens (tertiary/aromatic N) is 11. The number of carbonyl (C=O) groups excluding carboxylic acids is 5. The lowest BCUT2D eigenvalue weighted by atomic mass is 9.88. The molecule has 4 amide bonds. The van der Waals surface area contributed by atoms with Gasteiger partial charge in [0.05, 0.1) is 92.3 Å². The molecule has 426 valence electrons. The average Bonchev–Trinajstić information content (AvgIpc) is 4.32. The molecule has 21 nitrogen and oxygen atoms in total. The van der Waals surface area contributed by atoms with E-state index in [1.165, 1.54) is 23.2 Å². The van der Waals surface area contributed by atoms with Crippen LogP contribution in [-0.2, 0) is 36.9 Å². The first kappa shape index (κ1) is 57.8. The monoisotopic (exact) mass is 1120 g/mol. The molecule has 4 aromatic rings. The van der Waals surface area contributed by atoms with Crippen LogP contribution in [0.4, 0.5) is 21.8 Å². The second-order valence-electron chi connectivity index (χ2n) is 21.4. The van der Waals surface area contributed by atoms with Gasteiger partial charge in [-0.3, -0.25) is 29.0 Å². The van der Waals surface area contributed by atoms with E-state index in [9.17, 15) is 24.0 Å². The summed E-state index contributed by atoms with van der Waals surface area (Å²) in [7, 11) is 5.02. The van der Waals surface area contributed by atoms with Crippen LogP contribution >= 0.6 is 11.8 Å². The van der Waals surface area contributed by atoms with Crippen molar-refractivity contribution >= 4 is 63.7 Å². The quantitative estimate of drug-likeness (QED) is 0.0606. The number of aryl methyl sites for hydroxylation is 1. The second kappa shape index (κ2) is 26.2. The van der Waals surface area contributed by atoms with Crippen LogP contribution in [0.5, 0.6) is 0 Å². The van der Waals surface area contributed by atoms with Gasteiger partial charge in [-0.15, -0.1) is 11.8 Å². The van der Waals surface area contributed by atoms with Crippen LogP contribution < -0.4 is 21.3 Å². The second-order valence-corrected chi connectivity index (χ2v) is 22.5. The molecule has 80 heavy (non-hydrogen) atoms. The Balaban J connectivity index is 0.726. The third-order valence-corrected chi connectivity index (χ3v) is 17.2. The largest absolute Gasteiger partial charge is 0.381 e. The molecule has 1 unspecified atom stereocenters. The van der Waals surface area contributed by atoms with Gasteiger partial charge in [0.15, 0.2) is 17.4 Å². The number of anilines is 2. The molecular weight excluding hydrogens is 1040 g/mol. The van der Waals surface area contributed by atoms with E-state index in [1.807, 2.05) is 41.0 Å². The van der Waals surface area contributed by atoms with Crippen LogP contribution in [0.1, 0.15) is 95.4 Å². The molecule has 5 atom stereocenters. The zero-order valence-electron chi connectivity index (χ0n) is 46.4. The first-order valence-corrected chi connectivity index (χ1v) is 28.7. The Kier molecular flexibility index (Phi) is 18.9. The molecule has 4 bridgehead atoms. The molecule has 2 aromatic heterocycles. The van der Waals surface area contributed by atoms with Gasteiger partial charge >= 0.3 is 5.82 Å². The molecule has 3 fully saturated rings. The Morgan fingerprint density at radius 3 is 2.46 bits per heavy atom. The van der Waals surface area contributed by atoms with Crippen molar-refractivity contribution in [2.75, 3.05) is 103 Å². The van der Waals surface area contributed by atoms with Crippen LogP contribution in [0.15, 0.2) is 53.7 Å². The highest BCUT2D eigenvalue weighted by Crippen LogP contribution is 2.41. The van der Waals surface area contributed by atoms with Gasteiger partial charge in [-0.2, -0.15) is 4.68 Å². The molecule has 0 saturated carbocycles. The Labute approximate surface area is 471 Å². The van der Waals surface area contributed by atoms with Crippen LogP contribution in [0.2, 0.25) is 0 Å². The average molecular weight is 1120 g/mol. The molecular formula is C57H73FN14O7S. The Morgan fingerprint density at radius 1 is 0.975 bits per heavy atom. The maximum absolute atomic E-state index is 15.2. The molecule has 2 aromatic carbocycles. The first-order chi connectivity index (χ1) is 38.6. The van der Waals surface area contributed by atoms with Gasteiger partial charge in [-0.25, -0.2) is 14.4 Å². The number of nitrogens with two attached hydrogens (primary N) is 1. The third kappa shape index (κ3) is 13.2. The van der Waals surface area contributed by atoms with Gasteiger partial charge in [0.25, 0.3) is 5.91 Å². The van der Waals surface area contributed by atoms with E-state index < -0.39 is 29.8 Å². The number of nitrogen functional groups attached to an aromatic ring is 1. The molecule has 0 aliphatic carbocycles. The lowest BCUT2D eigenvalue weighted by Crippen LogP contribution is -2.58. The normalized spacial score (nSPS) is 20.2. The number of halogens is 1. The molecule has 3 saturated heterocycles. The van der Waals surface area contributed by atoms with Crippen LogP contribution in [0.25, 0.3) is 16.1 Å². The fraction of sp³-hybridized carbons (Fsp3) is 0.544. The van der Waals surface area contributed by atoms with Crippen LogP contribution in [0, 0.1) is 25.2 Å². The molecule has 5 aliphatic rings. The number of ketones is 1. The summed E-state index contributed by atoms with van der Waals surface area (Å²) in [6.07, 6.45) is 6.14. The van der Waals surface area contributed by atoms with E-state index in [4.69, 9.17) is 31.8 Å². The van der Waals surface area contributed by atoms with Gasteiger partial charge in [0, 0.05) is 57.2 Å². The number of hydrogen-bond acceptors (Lipinski definition) is 16.